The van der Waals surface area contributed by atoms with E-state index in [9.17, 15) is 31.4 Å². The number of alkyl halides is 6. The Hall–Kier alpha value is -2.06. The predicted molar refractivity (Wildman–Crippen MR) is 127 cm³/mol. The van der Waals surface area contributed by atoms with Crippen molar-refractivity contribution in [3.8, 4) is 0 Å². The molecule has 36 heavy (non-hydrogen) atoms. The van der Waals surface area contributed by atoms with Gasteiger partial charge in [-0.3, -0.25) is 0 Å². The molecule has 1 atom stereocenters. The van der Waals surface area contributed by atoms with E-state index < -0.39 is 29.6 Å². The molecule has 1 saturated heterocycles. The molecule has 1 saturated carbocycles. The summed E-state index contributed by atoms with van der Waals surface area (Å²) in [6.45, 7) is 2.20. The van der Waals surface area contributed by atoms with Gasteiger partial charge in [-0.2, -0.15) is 26.3 Å². The lowest BCUT2D eigenvalue weighted by atomic mass is 9.64. The van der Waals surface area contributed by atoms with Crippen LogP contribution in [0.5, 0.6) is 0 Å². The summed E-state index contributed by atoms with van der Waals surface area (Å²) in [6.07, 6.45) is -3.61. The zero-order chi connectivity index (χ0) is 26.0. The normalized spacial score (nSPS) is 25.0. The molecule has 2 aromatic rings. The van der Waals surface area contributed by atoms with Crippen LogP contribution in [0.3, 0.4) is 0 Å². The summed E-state index contributed by atoms with van der Waals surface area (Å²) in [7, 11) is 0. The molecule has 1 N–H and O–H groups in total. The Morgan fingerprint density at radius 3 is 1.92 bits per heavy atom. The molecular weight excluding hydrogens is 480 g/mol. The second kappa shape index (κ2) is 10.7. The molecule has 0 radical (unpaired) electrons. The predicted octanol–water partition coefficient (Wildman–Crippen LogP) is 7.38. The minimum Gasteiger partial charge on any atom is -0.393 e. The number of rotatable bonds is 6. The van der Waals surface area contributed by atoms with Crippen molar-refractivity contribution in [3.05, 3.63) is 70.8 Å². The van der Waals surface area contributed by atoms with E-state index in [-0.39, 0.29) is 23.5 Å². The number of likely N-dealkylation sites (tertiary alicyclic amines) is 1. The first-order chi connectivity index (χ1) is 17.0. The summed E-state index contributed by atoms with van der Waals surface area (Å²) in [5.74, 6) is 0. The monoisotopic (exact) mass is 513 g/mol. The Labute approximate surface area is 208 Å². The zero-order valence-electron chi connectivity index (χ0n) is 20.2. The van der Waals surface area contributed by atoms with Crippen LogP contribution < -0.4 is 0 Å². The van der Waals surface area contributed by atoms with Gasteiger partial charge in [0.05, 0.1) is 17.2 Å². The molecule has 1 heterocycles. The molecule has 1 aliphatic heterocycles. The number of hydrogen-bond acceptors (Lipinski definition) is 2. The van der Waals surface area contributed by atoms with Crippen molar-refractivity contribution in [1.29, 1.82) is 0 Å². The van der Waals surface area contributed by atoms with Crippen LogP contribution >= 0.6 is 0 Å². The first-order valence-corrected chi connectivity index (χ1v) is 12.7. The topological polar surface area (TPSA) is 23.5 Å². The highest BCUT2D eigenvalue weighted by Gasteiger charge is 2.41. The fourth-order valence-electron chi connectivity index (χ4n) is 6.14. The number of piperidine rings is 1. The Balaban J connectivity index is 1.54. The lowest BCUT2D eigenvalue weighted by Gasteiger charge is -2.46. The molecule has 2 nitrogen and oxygen atoms in total. The second-order valence-electron chi connectivity index (χ2n) is 10.5. The van der Waals surface area contributed by atoms with E-state index in [0.29, 0.717) is 12.5 Å². The zero-order valence-corrected chi connectivity index (χ0v) is 20.2. The van der Waals surface area contributed by atoms with Gasteiger partial charge in [-0.05, 0) is 99.2 Å². The van der Waals surface area contributed by atoms with Crippen LogP contribution in [0.15, 0.2) is 48.5 Å². The van der Waals surface area contributed by atoms with Gasteiger partial charge in [-0.15, -0.1) is 0 Å². The van der Waals surface area contributed by atoms with Gasteiger partial charge in [0.1, 0.15) is 0 Å². The van der Waals surface area contributed by atoms with E-state index in [1.807, 2.05) is 30.3 Å². The molecule has 8 heteroatoms. The molecular formula is C28H33F6NO. The Bertz CT molecular complexity index is 957. The Kier molecular flexibility index (Phi) is 8.05. The van der Waals surface area contributed by atoms with Crippen molar-refractivity contribution in [2.75, 3.05) is 13.1 Å². The third-order valence-electron chi connectivity index (χ3n) is 7.95. The van der Waals surface area contributed by atoms with Crippen LogP contribution in [-0.4, -0.2) is 35.2 Å². The molecule has 1 unspecified atom stereocenters. The number of benzene rings is 2. The first kappa shape index (κ1) is 27.0. The van der Waals surface area contributed by atoms with E-state index in [1.54, 1.807) is 0 Å². The maximum atomic E-state index is 13.3. The van der Waals surface area contributed by atoms with Crippen LogP contribution in [-0.2, 0) is 24.2 Å². The van der Waals surface area contributed by atoms with Crippen LogP contribution in [0.25, 0.3) is 0 Å². The van der Waals surface area contributed by atoms with Gasteiger partial charge < -0.3 is 10.0 Å². The highest BCUT2D eigenvalue weighted by molar-refractivity contribution is 5.34. The Morgan fingerprint density at radius 1 is 0.833 bits per heavy atom. The van der Waals surface area contributed by atoms with Crippen LogP contribution in [0.1, 0.15) is 73.6 Å². The minimum atomic E-state index is -4.90. The molecule has 198 valence electrons. The van der Waals surface area contributed by atoms with Crippen molar-refractivity contribution in [1.82, 2.24) is 4.90 Å². The van der Waals surface area contributed by atoms with Crippen LogP contribution in [0, 0.1) is 0 Å². The van der Waals surface area contributed by atoms with E-state index in [0.717, 1.165) is 56.5 Å². The molecule has 0 aromatic heterocycles. The molecule has 4 rings (SSSR count). The highest BCUT2D eigenvalue weighted by Crippen LogP contribution is 2.45. The van der Waals surface area contributed by atoms with Crippen LogP contribution in [0.4, 0.5) is 26.3 Å². The minimum absolute atomic E-state index is 0.128. The van der Waals surface area contributed by atoms with Crippen molar-refractivity contribution in [3.63, 3.8) is 0 Å². The SMILES string of the molecule is OC(Cc1cc(C(F)(F)F)cc(C(F)(F)F)c1)C[C@]1(c2ccccc2)CC[C@H](N2CCCCC2)CC1. The average molecular weight is 514 g/mol. The van der Waals surface area contributed by atoms with Crippen molar-refractivity contribution in [2.24, 2.45) is 0 Å². The molecule has 0 spiro atoms. The van der Waals surface area contributed by atoms with Crippen molar-refractivity contribution < 1.29 is 31.4 Å². The van der Waals surface area contributed by atoms with Gasteiger partial charge in [0.15, 0.2) is 0 Å². The van der Waals surface area contributed by atoms with Crippen molar-refractivity contribution >= 4 is 0 Å². The summed E-state index contributed by atoms with van der Waals surface area (Å²) in [5.41, 5.74) is -2.14. The van der Waals surface area contributed by atoms with E-state index in [2.05, 4.69) is 4.90 Å². The highest BCUT2D eigenvalue weighted by atomic mass is 19.4. The van der Waals surface area contributed by atoms with Gasteiger partial charge in [0.2, 0.25) is 0 Å². The maximum Gasteiger partial charge on any atom is 0.416 e. The Morgan fingerprint density at radius 2 is 1.39 bits per heavy atom. The molecule has 1 aliphatic carbocycles. The standard InChI is InChI=1S/C28H33F6NO/c29-27(30,31)22-15-20(16-23(18-22)28(32,33)34)17-25(36)19-26(21-7-3-1-4-8-21)11-9-24(10-12-26)35-13-5-2-6-14-35/h1,3-4,7-8,15-16,18,24-25,36H,2,5-6,9-14,17,19H2/t24-,25?,26-. The number of hydrogen-bond donors (Lipinski definition) is 1. The number of aliphatic hydroxyl groups excluding tert-OH is 1. The average Bonchev–Trinajstić information content (AvgIpc) is 2.84. The molecule has 2 fully saturated rings. The lowest BCUT2D eigenvalue weighted by molar-refractivity contribution is -0.143. The van der Waals surface area contributed by atoms with Gasteiger partial charge in [-0.25, -0.2) is 0 Å². The maximum absolute atomic E-state index is 13.3. The third kappa shape index (κ3) is 6.43. The van der Waals surface area contributed by atoms with E-state index in [1.165, 1.54) is 19.3 Å². The van der Waals surface area contributed by atoms with Gasteiger partial charge in [0.25, 0.3) is 0 Å². The summed E-state index contributed by atoms with van der Waals surface area (Å²) >= 11 is 0. The van der Waals surface area contributed by atoms with Crippen molar-refractivity contribution in [2.45, 2.75) is 87.7 Å². The summed E-state index contributed by atoms with van der Waals surface area (Å²) in [5, 5.41) is 11.0. The quantitative estimate of drug-likeness (QED) is 0.407. The molecule has 0 bridgehead atoms. The summed E-state index contributed by atoms with van der Waals surface area (Å²) in [6, 6.07) is 11.9. The van der Waals surface area contributed by atoms with Gasteiger partial charge >= 0.3 is 12.4 Å². The largest absolute Gasteiger partial charge is 0.416 e. The van der Waals surface area contributed by atoms with E-state index in [4.69, 9.17) is 0 Å². The summed E-state index contributed by atoms with van der Waals surface area (Å²) < 4.78 is 79.7. The second-order valence-corrected chi connectivity index (χ2v) is 10.5. The van der Waals surface area contributed by atoms with Gasteiger partial charge in [0, 0.05) is 6.04 Å². The fourth-order valence-corrected chi connectivity index (χ4v) is 6.14. The number of halogens is 6. The molecule has 2 aliphatic rings. The van der Waals surface area contributed by atoms with Crippen LogP contribution in [0.2, 0.25) is 0 Å². The fraction of sp³-hybridized carbons (Fsp3) is 0.571. The first-order valence-electron chi connectivity index (χ1n) is 12.7. The summed E-state index contributed by atoms with van der Waals surface area (Å²) in [4.78, 5) is 2.55. The smallest absolute Gasteiger partial charge is 0.393 e. The molecule has 0 amide bonds. The lowest BCUT2D eigenvalue weighted by Crippen LogP contribution is -2.45. The van der Waals surface area contributed by atoms with Gasteiger partial charge in [-0.1, -0.05) is 36.8 Å². The molecule has 2 aromatic carbocycles. The third-order valence-corrected chi connectivity index (χ3v) is 7.95. The number of aliphatic hydroxyl groups is 1. The number of nitrogens with zero attached hydrogens (tertiary/aromatic N) is 1. The van der Waals surface area contributed by atoms with E-state index >= 15 is 0 Å².